The minimum atomic E-state index is 1.22. The fraction of sp³-hybridized carbons (Fsp3) is 0. The molecule has 230 valence electrons. The molecule has 9 rings (SSSR count). The van der Waals surface area contributed by atoms with Crippen molar-refractivity contribution in [3.05, 3.63) is 121 Å². The quantitative estimate of drug-likeness (QED) is 0.124. The molecule has 6 atom stereocenters. The first-order chi connectivity index (χ1) is 23.3. The predicted molar refractivity (Wildman–Crippen MR) is 238 cm³/mol. The monoisotopic (exact) mass is 722 g/mol. The van der Waals surface area contributed by atoms with E-state index in [0.29, 0.717) is 0 Å². The lowest BCUT2D eigenvalue weighted by molar-refractivity contribution is 1.69. The zero-order chi connectivity index (χ0) is 32.8. The highest BCUT2D eigenvalue weighted by Crippen LogP contribution is 2.36. The molecule has 0 aliphatic heterocycles. The van der Waals surface area contributed by atoms with Crippen LogP contribution in [0.3, 0.4) is 0 Å². The zero-order valence-electron chi connectivity index (χ0n) is 26.0. The van der Waals surface area contributed by atoms with Gasteiger partial charge >= 0.3 is 0 Å². The SMILES string of the molecule is Pc1c(P)c2cc(-c3ccc4c(c3)c(P)c(P)c3cc(-c5ccc6c(c5)c(P)c(P)c5ccccc56)ccc34)ccc2c2ccccc12. The van der Waals surface area contributed by atoms with Gasteiger partial charge in [0.05, 0.1) is 0 Å². The molecule has 6 unspecified atom stereocenters. The molecule has 0 aromatic heterocycles. The minimum Gasteiger partial charge on any atom is -0.104 e. The maximum atomic E-state index is 3.04. The molecular formula is C42H32P6. The van der Waals surface area contributed by atoms with Crippen LogP contribution in [0.4, 0.5) is 0 Å². The van der Waals surface area contributed by atoms with Crippen molar-refractivity contribution in [3.8, 4) is 22.3 Å². The molecule has 6 heteroatoms. The van der Waals surface area contributed by atoms with Crippen molar-refractivity contribution in [2.45, 2.75) is 0 Å². The Bertz CT molecular complexity index is 2660. The van der Waals surface area contributed by atoms with Gasteiger partial charge in [-0.25, -0.2) is 0 Å². The predicted octanol–water partition coefficient (Wildman–Crippen LogP) is 8.94. The van der Waals surface area contributed by atoms with Gasteiger partial charge in [0.25, 0.3) is 0 Å². The second kappa shape index (κ2) is 11.9. The molecule has 9 aromatic rings. The summed E-state index contributed by atoms with van der Waals surface area (Å²) in [4.78, 5) is 0. The van der Waals surface area contributed by atoms with E-state index >= 15 is 0 Å². The Hall–Kier alpha value is -2.88. The lowest BCUT2D eigenvalue weighted by atomic mass is 9.93. The first-order valence-corrected chi connectivity index (χ1v) is 19.3. The molecule has 0 saturated carbocycles. The summed E-state index contributed by atoms with van der Waals surface area (Å²) in [5.74, 6) is 0. The average molecular weight is 723 g/mol. The summed E-state index contributed by atoms with van der Waals surface area (Å²) in [6.07, 6.45) is 0. The Balaban J connectivity index is 1.18. The molecule has 0 saturated heterocycles. The third-order valence-electron chi connectivity index (χ3n) is 10.1. The number of benzene rings is 9. The molecule has 0 spiro atoms. The largest absolute Gasteiger partial charge is 0.104 e. The summed E-state index contributed by atoms with van der Waals surface area (Å²) in [7, 11) is 18.0. The molecule has 0 amide bonds. The molecule has 9 aromatic carbocycles. The number of rotatable bonds is 2. The summed E-state index contributed by atoms with van der Waals surface area (Å²) in [6, 6.07) is 45.1. The van der Waals surface area contributed by atoms with Crippen LogP contribution in [0.2, 0.25) is 0 Å². The van der Waals surface area contributed by atoms with Crippen molar-refractivity contribution >= 4 is 152 Å². The fourth-order valence-corrected chi connectivity index (χ4v) is 9.89. The van der Waals surface area contributed by atoms with Gasteiger partial charge in [-0.15, -0.1) is 55.4 Å². The first-order valence-electron chi connectivity index (χ1n) is 15.8. The van der Waals surface area contributed by atoms with Gasteiger partial charge < -0.3 is 0 Å². The third kappa shape index (κ3) is 4.73. The number of fused-ring (bicyclic) bond motifs is 9. The topological polar surface area (TPSA) is 0 Å². The van der Waals surface area contributed by atoms with Gasteiger partial charge in [0.1, 0.15) is 0 Å². The standard InChI is InChI=1S/C42H32P6/c43-37-31-7-3-1-5-25(31)27-13-9-21(17-33(27)39(37)45)23-11-15-29-30-16-12-24(20-36(30)42(48)41(47)35(29)19-23)22-10-14-28-26-6-2-4-8-32(26)38(44)40(46)34(28)18-22/h1-20H,43-48H2. The van der Waals surface area contributed by atoms with Crippen LogP contribution in [0.1, 0.15) is 0 Å². The highest BCUT2D eigenvalue weighted by Gasteiger charge is 2.15. The van der Waals surface area contributed by atoms with Gasteiger partial charge in [0.15, 0.2) is 0 Å². The molecule has 0 N–H and O–H groups in total. The second-order valence-corrected chi connectivity index (χ2v) is 16.1. The Labute approximate surface area is 294 Å². The molecule has 0 bridgehead atoms. The Morgan fingerprint density at radius 2 is 0.417 bits per heavy atom. The molecule has 0 aliphatic rings. The van der Waals surface area contributed by atoms with E-state index in [2.05, 4.69) is 177 Å². The van der Waals surface area contributed by atoms with E-state index in [1.165, 1.54) is 119 Å². The lowest BCUT2D eigenvalue weighted by Crippen LogP contribution is -2.14. The molecule has 0 heterocycles. The van der Waals surface area contributed by atoms with E-state index in [0.717, 1.165) is 0 Å². The van der Waals surface area contributed by atoms with E-state index in [4.69, 9.17) is 0 Å². The van der Waals surface area contributed by atoms with Gasteiger partial charge in [0.2, 0.25) is 0 Å². The maximum Gasteiger partial charge on any atom is -0.00934 e. The smallest absolute Gasteiger partial charge is 0.00934 e. The lowest BCUT2D eigenvalue weighted by Gasteiger charge is -2.16. The summed E-state index contributed by atoms with van der Waals surface area (Å²) >= 11 is 0. The minimum absolute atomic E-state index is 1.22. The highest BCUT2D eigenvalue weighted by atomic mass is 31.0. The van der Waals surface area contributed by atoms with Gasteiger partial charge in [-0.2, -0.15) is 0 Å². The number of hydrogen-bond donors (Lipinski definition) is 0. The third-order valence-corrected chi connectivity index (χ3v) is 14.8. The Morgan fingerprint density at radius 1 is 0.208 bits per heavy atom. The molecule has 0 nitrogen and oxygen atoms in total. The van der Waals surface area contributed by atoms with Crippen LogP contribution in [0.25, 0.3) is 86.9 Å². The van der Waals surface area contributed by atoms with Gasteiger partial charge in [-0.05, 0) is 143 Å². The zero-order valence-corrected chi connectivity index (χ0v) is 32.9. The van der Waals surface area contributed by atoms with E-state index in [1.54, 1.807) is 0 Å². The van der Waals surface area contributed by atoms with Crippen LogP contribution >= 0.6 is 55.4 Å². The van der Waals surface area contributed by atoms with Gasteiger partial charge in [-0.1, -0.05) is 97.1 Å². The van der Waals surface area contributed by atoms with Crippen LogP contribution in [-0.4, -0.2) is 0 Å². The van der Waals surface area contributed by atoms with Crippen LogP contribution in [0, 0.1) is 0 Å². The molecule has 0 radical (unpaired) electrons. The van der Waals surface area contributed by atoms with Gasteiger partial charge in [0, 0.05) is 0 Å². The van der Waals surface area contributed by atoms with Crippen molar-refractivity contribution in [1.29, 1.82) is 0 Å². The summed E-state index contributed by atoms with van der Waals surface area (Å²) in [5.41, 5.74) is 4.90. The summed E-state index contributed by atoms with van der Waals surface area (Å²) < 4.78 is 0. The van der Waals surface area contributed by atoms with E-state index in [9.17, 15) is 0 Å². The fourth-order valence-electron chi connectivity index (χ4n) is 7.50. The van der Waals surface area contributed by atoms with Crippen molar-refractivity contribution in [2.24, 2.45) is 0 Å². The Morgan fingerprint density at radius 3 is 0.688 bits per heavy atom. The molecule has 48 heavy (non-hydrogen) atoms. The van der Waals surface area contributed by atoms with Crippen LogP contribution < -0.4 is 31.8 Å². The average Bonchev–Trinajstić information content (AvgIpc) is 3.14. The second-order valence-electron chi connectivity index (χ2n) is 12.6. The van der Waals surface area contributed by atoms with E-state index in [1.807, 2.05) is 0 Å². The normalized spacial score (nSPS) is 12.0. The molecule has 0 fully saturated rings. The van der Waals surface area contributed by atoms with E-state index < -0.39 is 0 Å². The van der Waals surface area contributed by atoms with Crippen LogP contribution in [0.15, 0.2) is 121 Å². The summed E-state index contributed by atoms with van der Waals surface area (Å²) in [6.45, 7) is 0. The van der Waals surface area contributed by atoms with Crippen molar-refractivity contribution in [1.82, 2.24) is 0 Å². The number of hydrogen-bond acceptors (Lipinski definition) is 0. The highest BCUT2D eigenvalue weighted by molar-refractivity contribution is 7.38. The molecular weight excluding hydrogens is 690 g/mol. The van der Waals surface area contributed by atoms with Crippen LogP contribution in [0.5, 0.6) is 0 Å². The Kier molecular flexibility index (Phi) is 7.70. The molecule has 0 aliphatic carbocycles. The van der Waals surface area contributed by atoms with Crippen molar-refractivity contribution in [3.63, 3.8) is 0 Å². The van der Waals surface area contributed by atoms with Crippen molar-refractivity contribution in [2.75, 3.05) is 0 Å². The summed E-state index contributed by atoms with van der Waals surface area (Å²) in [5, 5.41) is 22.7. The maximum absolute atomic E-state index is 3.04. The van der Waals surface area contributed by atoms with Crippen molar-refractivity contribution < 1.29 is 0 Å². The first kappa shape index (κ1) is 31.1. The van der Waals surface area contributed by atoms with Crippen LogP contribution in [-0.2, 0) is 0 Å². The van der Waals surface area contributed by atoms with E-state index in [-0.39, 0.29) is 0 Å². The van der Waals surface area contributed by atoms with Gasteiger partial charge in [-0.3, -0.25) is 0 Å².